The molecule has 0 aliphatic carbocycles. The largest absolute Gasteiger partial charge is 0.121 e. The van der Waals surface area contributed by atoms with Gasteiger partial charge < -0.3 is 0 Å². The Labute approximate surface area is 124 Å². The van der Waals surface area contributed by atoms with Crippen molar-refractivity contribution in [3.63, 3.8) is 0 Å². The zero-order valence-corrected chi connectivity index (χ0v) is 12.8. The Balaban J connectivity index is 2.23. The first-order chi connectivity index (χ1) is 9.16. The molecule has 1 unspecified atom stereocenters. The van der Waals surface area contributed by atoms with Crippen LogP contribution >= 0.6 is 23.4 Å². The Hall–Kier alpha value is -0.920. The number of rotatable bonds is 1. The Morgan fingerprint density at radius 1 is 1.11 bits per heavy atom. The summed E-state index contributed by atoms with van der Waals surface area (Å²) >= 11 is 8.16. The molecule has 0 aromatic heterocycles. The summed E-state index contributed by atoms with van der Waals surface area (Å²) in [5, 5.41) is 0.841. The highest BCUT2D eigenvalue weighted by molar-refractivity contribution is 7.98. The van der Waals surface area contributed by atoms with Gasteiger partial charge in [0.25, 0.3) is 0 Å². The van der Waals surface area contributed by atoms with E-state index in [2.05, 4.69) is 50.2 Å². The van der Waals surface area contributed by atoms with E-state index in [1.54, 1.807) is 0 Å². The summed E-state index contributed by atoms with van der Waals surface area (Å²) in [4.78, 5) is 1.41. The van der Waals surface area contributed by atoms with Gasteiger partial charge in [0.2, 0.25) is 0 Å². The van der Waals surface area contributed by atoms with Crippen LogP contribution in [0.2, 0.25) is 5.02 Å². The predicted molar refractivity (Wildman–Crippen MR) is 84.1 cm³/mol. The number of hydrogen-bond donors (Lipinski definition) is 0. The van der Waals surface area contributed by atoms with E-state index in [1.807, 2.05) is 17.8 Å². The molecule has 0 nitrogen and oxygen atoms in total. The lowest BCUT2D eigenvalue weighted by Gasteiger charge is -2.23. The maximum atomic E-state index is 6.22. The van der Waals surface area contributed by atoms with E-state index in [0.29, 0.717) is 11.8 Å². The maximum absolute atomic E-state index is 6.22. The van der Waals surface area contributed by atoms with E-state index in [0.717, 1.165) is 10.8 Å². The Bertz CT molecular complexity index is 604. The molecule has 1 aliphatic rings. The number of thioether (sulfide) groups is 1. The average molecular weight is 289 g/mol. The molecule has 3 rings (SSSR count). The minimum Gasteiger partial charge on any atom is -0.121 e. The molecular weight excluding hydrogens is 272 g/mol. The van der Waals surface area contributed by atoms with Crippen molar-refractivity contribution in [3.05, 3.63) is 64.2 Å². The molecule has 2 aromatic carbocycles. The molecule has 0 saturated heterocycles. The molecule has 2 aromatic rings. The van der Waals surface area contributed by atoms with Gasteiger partial charge in [-0.2, -0.15) is 0 Å². The number of benzene rings is 2. The van der Waals surface area contributed by atoms with Gasteiger partial charge in [-0.15, -0.1) is 11.8 Å². The summed E-state index contributed by atoms with van der Waals surface area (Å²) in [6, 6.07) is 15.1. The van der Waals surface area contributed by atoms with Gasteiger partial charge in [-0.3, -0.25) is 0 Å². The van der Waals surface area contributed by atoms with Crippen LogP contribution in [0.3, 0.4) is 0 Å². The second-order valence-electron chi connectivity index (χ2n) is 5.39. The van der Waals surface area contributed by atoms with Gasteiger partial charge in [0.05, 0.1) is 0 Å². The third-order valence-corrected chi connectivity index (χ3v) is 5.12. The Kier molecular flexibility index (Phi) is 3.60. The topological polar surface area (TPSA) is 0 Å². The van der Waals surface area contributed by atoms with Gasteiger partial charge in [-0.25, -0.2) is 0 Å². The number of halogens is 1. The summed E-state index contributed by atoms with van der Waals surface area (Å²) in [5.74, 6) is 2.05. The van der Waals surface area contributed by atoms with Crippen molar-refractivity contribution < 1.29 is 0 Å². The second kappa shape index (κ2) is 5.22. The molecule has 0 bridgehead atoms. The lowest BCUT2D eigenvalue weighted by atomic mass is 9.81. The van der Waals surface area contributed by atoms with E-state index >= 15 is 0 Å². The van der Waals surface area contributed by atoms with E-state index < -0.39 is 0 Å². The molecule has 1 aliphatic heterocycles. The Morgan fingerprint density at radius 3 is 2.68 bits per heavy atom. The van der Waals surface area contributed by atoms with E-state index in [-0.39, 0.29) is 0 Å². The summed E-state index contributed by atoms with van der Waals surface area (Å²) in [5.41, 5.74) is 4.27. The fourth-order valence-corrected chi connectivity index (χ4v) is 4.19. The second-order valence-corrected chi connectivity index (χ2v) is 6.84. The van der Waals surface area contributed by atoms with Crippen LogP contribution in [0.5, 0.6) is 0 Å². The molecule has 0 fully saturated rings. The first kappa shape index (κ1) is 13.1. The van der Waals surface area contributed by atoms with Crippen LogP contribution in [0.25, 0.3) is 0 Å². The average Bonchev–Trinajstić information content (AvgIpc) is 2.54. The molecule has 19 heavy (non-hydrogen) atoms. The summed E-state index contributed by atoms with van der Waals surface area (Å²) in [6.45, 7) is 4.59. The lowest BCUT2D eigenvalue weighted by Crippen LogP contribution is -2.10. The summed E-state index contributed by atoms with van der Waals surface area (Å²) in [6.07, 6.45) is 0. The minimum atomic E-state index is 0.444. The van der Waals surface area contributed by atoms with Crippen molar-refractivity contribution in [1.29, 1.82) is 0 Å². The smallest absolute Gasteiger partial charge is 0.0409 e. The van der Waals surface area contributed by atoms with Crippen LogP contribution in [0.1, 0.15) is 36.5 Å². The highest BCUT2D eigenvalue weighted by Crippen LogP contribution is 2.44. The van der Waals surface area contributed by atoms with Gasteiger partial charge in [-0.05, 0) is 40.8 Å². The number of fused-ring (bicyclic) bond motifs is 2. The first-order valence-corrected chi connectivity index (χ1v) is 8.03. The molecule has 0 amide bonds. The molecule has 2 heteroatoms. The molecule has 98 valence electrons. The van der Waals surface area contributed by atoms with Crippen molar-refractivity contribution >= 4 is 23.4 Å². The predicted octanol–water partition coefficient (Wildman–Crippen LogP) is 5.73. The Morgan fingerprint density at radius 2 is 1.89 bits per heavy atom. The van der Waals surface area contributed by atoms with Crippen molar-refractivity contribution in [2.24, 2.45) is 5.92 Å². The molecule has 0 spiro atoms. The normalized spacial score (nSPS) is 17.8. The monoisotopic (exact) mass is 288 g/mol. The van der Waals surface area contributed by atoms with Crippen LogP contribution in [0, 0.1) is 5.92 Å². The number of hydrogen-bond acceptors (Lipinski definition) is 1. The van der Waals surface area contributed by atoms with Crippen molar-refractivity contribution in [2.75, 3.05) is 0 Å². The van der Waals surface area contributed by atoms with E-state index in [1.165, 1.54) is 21.6 Å². The quantitative estimate of drug-likeness (QED) is 0.645. The minimum absolute atomic E-state index is 0.444. The summed E-state index contributed by atoms with van der Waals surface area (Å²) < 4.78 is 0. The molecule has 1 atom stereocenters. The molecule has 1 heterocycles. The van der Waals surface area contributed by atoms with Gasteiger partial charge in [0.1, 0.15) is 0 Å². The zero-order valence-electron chi connectivity index (χ0n) is 11.2. The van der Waals surface area contributed by atoms with Crippen LogP contribution in [-0.2, 0) is 5.75 Å². The van der Waals surface area contributed by atoms with Gasteiger partial charge in [0.15, 0.2) is 0 Å². The van der Waals surface area contributed by atoms with Crippen LogP contribution < -0.4 is 0 Å². The zero-order chi connectivity index (χ0) is 13.4. The fourth-order valence-electron chi connectivity index (χ4n) is 2.90. The SMILES string of the molecule is CC(C)C1c2cc(Cl)ccc2CSc2ccccc21. The third kappa shape index (κ3) is 2.42. The van der Waals surface area contributed by atoms with Crippen molar-refractivity contribution in [1.82, 2.24) is 0 Å². The van der Waals surface area contributed by atoms with Crippen molar-refractivity contribution in [3.8, 4) is 0 Å². The maximum Gasteiger partial charge on any atom is 0.0409 e. The fraction of sp³-hybridized carbons (Fsp3) is 0.294. The van der Waals surface area contributed by atoms with Gasteiger partial charge >= 0.3 is 0 Å². The highest BCUT2D eigenvalue weighted by atomic mass is 35.5. The standard InChI is InChI=1S/C17H17ClS/c1-11(2)17-14-5-3-4-6-16(14)19-10-12-7-8-13(18)9-15(12)17/h3-9,11,17H,10H2,1-2H3. The van der Waals surface area contributed by atoms with Crippen LogP contribution in [0.15, 0.2) is 47.4 Å². The van der Waals surface area contributed by atoms with Crippen molar-refractivity contribution in [2.45, 2.75) is 30.4 Å². The van der Waals surface area contributed by atoms with Crippen LogP contribution in [-0.4, -0.2) is 0 Å². The van der Waals surface area contributed by atoms with Crippen LogP contribution in [0.4, 0.5) is 0 Å². The summed E-state index contributed by atoms with van der Waals surface area (Å²) in [7, 11) is 0. The highest BCUT2D eigenvalue weighted by Gasteiger charge is 2.26. The molecular formula is C17H17ClS. The molecule has 0 N–H and O–H groups in total. The lowest BCUT2D eigenvalue weighted by molar-refractivity contribution is 0.556. The van der Waals surface area contributed by atoms with Gasteiger partial charge in [-0.1, -0.05) is 49.7 Å². The first-order valence-electron chi connectivity index (χ1n) is 6.67. The van der Waals surface area contributed by atoms with E-state index in [4.69, 9.17) is 11.6 Å². The van der Waals surface area contributed by atoms with E-state index in [9.17, 15) is 0 Å². The molecule has 0 saturated carbocycles. The van der Waals surface area contributed by atoms with Gasteiger partial charge in [0, 0.05) is 21.6 Å². The molecule has 0 radical (unpaired) electrons. The third-order valence-electron chi connectivity index (χ3n) is 3.75.